The molecule has 0 fully saturated rings. The van der Waals surface area contributed by atoms with Crippen LogP contribution in [-0.2, 0) is 27.5 Å². The van der Waals surface area contributed by atoms with Gasteiger partial charge in [0.2, 0.25) is 5.91 Å². The zero-order chi connectivity index (χ0) is 41.8. The maximum Gasteiger partial charge on any atom is 0.490 e. The molecular formula is C33H40F6N8O7. The van der Waals surface area contributed by atoms with E-state index >= 15 is 0 Å². The number of carboxylic acids is 2. The van der Waals surface area contributed by atoms with Crippen molar-refractivity contribution >= 4 is 41.1 Å². The van der Waals surface area contributed by atoms with E-state index in [1.165, 1.54) is 10.8 Å². The second-order valence-electron chi connectivity index (χ2n) is 12.4. The van der Waals surface area contributed by atoms with E-state index in [0.717, 1.165) is 12.0 Å². The largest absolute Gasteiger partial charge is 0.490 e. The molecule has 21 heteroatoms. The molecule has 3 rings (SSSR count). The van der Waals surface area contributed by atoms with Crippen molar-refractivity contribution in [3.8, 4) is 11.3 Å². The number of rotatable bonds is 10. The number of anilines is 2. The van der Waals surface area contributed by atoms with Gasteiger partial charge in [-0.3, -0.25) is 24.4 Å². The van der Waals surface area contributed by atoms with Gasteiger partial charge in [-0.2, -0.15) is 26.3 Å². The highest BCUT2D eigenvalue weighted by molar-refractivity contribution is 5.97. The number of nitrogens with one attached hydrogen (secondary N) is 4. The molecule has 54 heavy (non-hydrogen) atoms. The summed E-state index contributed by atoms with van der Waals surface area (Å²) in [6.07, 6.45) is -7.91. The fraction of sp³-hybridized carbons (Fsp3) is 0.364. The molecule has 2 aromatic carbocycles. The lowest BCUT2D eigenvalue weighted by molar-refractivity contribution is -0.193. The van der Waals surface area contributed by atoms with Gasteiger partial charge < -0.3 is 37.6 Å². The predicted octanol–water partition coefficient (Wildman–Crippen LogP) is 4.10. The number of carbonyl (C=O) groups excluding carboxylic acids is 2. The van der Waals surface area contributed by atoms with Gasteiger partial charge in [-0.05, 0) is 57.9 Å². The molecule has 0 saturated carbocycles. The van der Waals surface area contributed by atoms with E-state index < -0.39 is 41.3 Å². The number of nitrogen functional groups attached to an aromatic ring is 2. The van der Waals surface area contributed by atoms with Crippen molar-refractivity contribution in [1.29, 1.82) is 5.41 Å². The normalized spacial score (nSPS) is 11.8. The summed E-state index contributed by atoms with van der Waals surface area (Å²) in [5, 5.41) is 30.6. The van der Waals surface area contributed by atoms with Gasteiger partial charge in [0.25, 0.3) is 11.5 Å². The molecule has 15 nitrogen and oxygen atoms in total. The Morgan fingerprint density at radius 3 is 1.89 bits per heavy atom. The minimum absolute atomic E-state index is 0.0256. The Hall–Kier alpha value is -6.15. The van der Waals surface area contributed by atoms with Crippen LogP contribution >= 0.6 is 0 Å². The SMILES string of the molecule is CC[C@H](C)NC(=O)c1cc(N)cc(-c2cnc(NC(C)(C)C)c(=O)n2CC(=O)NCc2ccc(C(=N)N)cc2)c1.O=C(O)C(F)(F)F.O=C(O)C(F)(F)F. The van der Waals surface area contributed by atoms with E-state index in [1.807, 2.05) is 34.6 Å². The minimum Gasteiger partial charge on any atom is -0.475 e. The Labute approximate surface area is 304 Å². The van der Waals surface area contributed by atoms with E-state index in [2.05, 4.69) is 20.9 Å². The van der Waals surface area contributed by atoms with Crippen LogP contribution in [0.4, 0.5) is 37.8 Å². The van der Waals surface area contributed by atoms with Gasteiger partial charge in [-0.1, -0.05) is 31.2 Å². The third kappa shape index (κ3) is 15.6. The molecule has 0 unspecified atom stereocenters. The molecule has 0 aliphatic rings. The number of hydrogen-bond donors (Lipinski definition) is 8. The van der Waals surface area contributed by atoms with Crippen molar-refractivity contribution in [3.63, 3.8) is 0 Å². The van der Waals surface area contributed by atoms with Crippen LogP contribution in [0.15, 0.2) is 53.5 Å². The minimum atomic E-state index is -5.08. The van der Waals surface area contributed by atoms with Gasteiger partial charge in [0, 0.05) is 40.5 Å². The molecule has 0 aliphatic carbocycles. The van der Waals surface area contributed by atoms with Gasteiger partial charge in [-0.25, -0.2) is 14.6 Å². The van der Waals surface area contributed by atoms with Crippen molar-refractivity contribution in [2.24, 2.45) is 5.73 Å². The Morgan fingerprint density at radius 2 is 1.44 bits per heavy atom. The third-order valence-electron chi connectivity index (χ3n) is 6.59. The number of amides is 2. The van der Waals surface area contributed by atoms with Crippen LogP contribution in [0.3, 0.4) is 0 Å². The topological polar surface area (TPSA) is 256 Å². The first kappa shape index (κ1) is 45.9. The first-order valence-corrected chi connectivity index (χ1v) is 15.6. The fourth-order valence-corrected chi connectivity index (χ4v) is 3.86. The summed E-state index contributed by atoms with van der Waals surface area (Å²) in [5.74, 6) is -6.14. The van der Waals surface area contributed by atoms with Crippen LogP contribution in [0.25, 0.3) is 11.3 Å². The zero-order valence-electron chi connectivity index (χ0n) is 29.6. The van der Waals surface area contributed by atoms with Crippen LogP contribution < -0.4 is 33.0 Å². The number of halogens is 6. The molecular weight excluding hydrogens is 734 g/mol. The second-order valence-corrected chi connectivity index (χ2v) is 12.4. The molecule has 10 N–H and O–H groups in total. The van der Waals surface area contributed by atoms with Crippen LogP contribution in [0, 0.1) is 5.41 Å². The summed E-state index contributed by atoms with van der Waals surface area (Å²) >= 11 is 0. The van der Waals surface area contributed by atoms with Crippen LogP contribution in [0.5, 0.6) is 0 Å². The van der Waals surface area contributed by atoms with Crippen LogP contribution in [-0.4, -0.2) is 73.3 Å². The number of aromatic nitrogens is 2. The fourth-order valence-electron chi connectivity index (χ4n) is 3.86. The number of hydrogen-bond acceptors (Lipinski definition) is 9. The van der Waals surface area contributed by atoms with Crippen LogP contribution in [0.1, 0.15) is 62.5 Å². The molecule has 0 bridgehead atoms. The van der Waals surface area contributed by atoms with Crippen LogP contribution in [0.2, 0.25) is 0 Å². The smallest absolute Gasteiger partial charge is 0.475 e. The average molecular weight is 775 g/mol. The van der Waals surface area contributed by atoms with E-state index in [4.69, 9.17) is 36.7 Å². The summed E-state index contributed by atoms with van der Waals surface area (Å²) in [4.78, 5) is 61.6. The van der Waals surface area contributed by atoms with Crippen molar-refractivity contribution < 1.29 is 55.7 Å². The van der Waals surface area contributed by atoms with Crippen molar-refractivity contribution in [3.05, 3.63) is 75.7 Å². The lowest BCUT2D eigenvalue weighted by Gasteiger charge is -2.22. The lowest BCUT2D eigenvalue weighted by Crippen LogP contribution is -2.37. The number of carboxylic acid groups (broad SMARTS) is 2. The Kier molecular flexibility index (Phi) is 16.2. The predicted molar refractivity (Wildman–Crippen MR) is 186 cm³/mol. The molecule has 1 heterocycles. The summed E-state index contributed by atoms with van der Waals surface area (Å²) in [7, 11) is 0. The standard InChI is InChI=1S/C29H38N8O3.2C2HF3O2/c1-6-17(2)35-27(39)21-11-20(12-22(30)13-21)23-15-34-26(36-29(3,4)5)28(40)37(23)16-24(38)33-14-18-7-9-19(10-8-18)25(31)32;2*3-2(4,5)1(6)7/h7-13,15,17H,6,14,16,30H2,1-5H3,(H3,31,32)(H,33,38)(H,34,36)(H,35,39);2*(H,6,7)/t17-;;/m0../s1. The molecule has 3 aromatic rings. The second kappa shape index (κ2) is 19.1. The average Bonchev–Trinajstić information content (AvgIpc) is 3.04. The van der Waals surface area contributed by atoms with E-state index in [9.17, 15) is 40.7 Å². The molecule has 0 spiro atoms. The maximum atomic E-state index is 13.6. The summed E-state index contributed by atoms with van der Waals surface area (Å²) in [6.45, 7) is 9.51. The third-order valence-corrected chi connectivity index (χ3v) is 6.59. The molecule has 1 aromatic heterocycles. The number of aliphatic carboxylic acids is 2. The number of benzene rings is 2. The molecule has 296 valence electrons. The Bertz CT molecular complexity index is 1850. The highest BCUT2D eigenvalue weighted by Gasteiger charge is 2.39. The van der Waals surface area contributed by atoms with E-state index in [0.29, 0.717) is 28.1 Å². The van der Waals surface area contributed by atoms with E-state index in [1.54, 1.807) is 42.5 Å². The first-order chi connectivity index (χ1) is 24.7. The lowest BCUT2D eigenvalue weighted by atomic mass is 10.1. The Balaban J connectivity index is 0.000000879. The van der Waals surface area contributed by atoms with E-state index in [-0.39, 0.29) is 36.7 Å². The maximum absolute atomic E-state index is 13.6. The monoisotopic (exact) mass is 774 g/mol. The van der Waals surface area contributed by atoms with Gasteiger partial charge in [0.05, 0.1) is 11.9 Å². The number of alkyl halides is 6. The van der Waals surface area contributed by atoms with Gasteiger partial charge in [0.1, 0.15) is 12.4 Å². The number of carbonyl (C=O) groups is 4. The number of nitrogens with two attached hydrogens (primary N) is 2. The van der Waals surface area contributed by atoms with Gasteiger partial charge >= 0.3 is 24.3 Å². The number of nitrogens with zero attached hydrogens (tertiary/aromatic N) is 2. The quantitative estimate of drug-likeness (QED) is 0.0630. The summed E-state index contributed by atoms with van der Waals surface area (Å²) in [5.41, 5.74) is 13.6. The molecule has 2 amide bonds. The summed E-state index contributed by atoms with van der Waals surface area (Å²) in [6, 6.07) is 11.8. The number of amidine groups is 1. The zero-order valence-corrected chi connectivity index (χ0v) is 29.6. The van der Waals surface area contributed by atoms with Crippen molar-refractivity contribution in [2.75, 3.05) is 11.1 Å². The van der Waals surface area contributed by atoms with Gasteiger partial charge in [-0.15, -0.1) is 0 Å². The van der Waals surface area contributed by atoms with Crippen molar-refractivity contribution in [1.82, 2.24) is 20.2 Å². The first-order valence-electron chi connectivity index (χ1n) is 15.6. The highest BCUT2D eigenvalue weighted by atomic mass is 19.4. The van der Waals surface area contributed by atoms with Crippen molar-refractivity contribution in [2.45, 2.75) is 78.1 Å². The Morgan fingerprint density at radius 1 is 0.926 bits per heavy atom. The summed E-state index contributed by atoms with van der Waals surface area (Å²) < 4.78 is 64.8. The molecule has 0 saturated heterocycles. The molecule has 0 radical (unpaired) electrons. The molecule has 0 aliphatic heterocycles. The highest BCUT2D eigenvalue weighted by Crippen LogP contribution is 2.24. The van der Waals surface area contributed by atoms with Gasteiger partial charge in [0.15, 0.2) is 5.82 Å². The molecule has 1 atom stereocenters.